The lowest BCUT2D eigenvalue weighted by Gasteiger charge is -2.20. The molecule has 2 nitrogen and oxygen atoms in total. The van der Waals surface area contributed by atoms with Crippen LogP contribution in [-0.2, 0) is 4.79 Å². The van der Waals surface area contributed by atoms with Crippen molar-refractivity contribution in [3.63, 3.8) is 0 Å². The van der Waals surface area contributed by atoms with E-state index in [-0.39, 0.29) is 17.5 Å². The number of carbonyl (C=O) groups excluding carboxylic acids is 1. The molecule has 1 saturated carbocycles. The maximum Gasteiger partial charge on any atom is 0.227 e. The van der Waals surface area contributed by atoms with Crippen molar-refractivity contribution < 1.29 is 13.6 Å². The minimum atomic E-state index is -0.677. The highest BCUT2D eigenvalue weighted by Crippen LogP contribution is 2.25. The molecule has 0 saturated heterocycles. The highest BCUT2D eigenvalue weighted by molar-refractivity contribution is 5.92. The summed E-state index contributed by atoms with van der Waals surface area (Å²) in [6, 6.07) is 3.05. The summed E-state index contributed by atoms with van der Waals surface area (Å²) in [5, 5.41) is 2.57. The van der Waals surface area contributed by atoms with Crippen LogP contribution < -0.4 is 5.32 Å². The van der Waals surface area contributed by atoms with Crippen LogP contribution in [0, 0.1) is 17.6 Å². The third-order valence-electron chi connectivity index (χ3n) is 3.11. The number of amides is 1. The fourth-order valence-corrected chi connectivity index (χ4v) is 2.24. The summed E-state index contributed by atoms with van der Waals surface area (Å²) in [7, 11) is 0. The second-order valence-electron chi connectivity index (χ2n) is 4.48. The van der Waals surface area contributed by atoms with Gasteiger partial charge in [-0.25, -0.2) is 8.78 Å². The number of hydrogen-bond donors (Lipinski definition) is 1. The number of benzene rings is 1. The predicted octanol–water partition coefficient (Wildman–Crippen LogP) is 3.48. The number of halogens is 2. The molecule has 1 aromatic rings. The molecule has 0 aromatic heterocycles. The van der Waals surface area contributed by atoms with Gasteiger partial charge < -0.3 is 5.32 Å². The lowest BCUT2D eigenvalue weighted by Crippen LogP contribution is -2.24. The zero-order valence-corrected chi connectivity index (χ0v) is 9.51. The Morgan fingerprint density at radius 3 is 2.24 bits per heavy atom. The molecule has 1 aliphatic rings. The van der Waals surface area contributed by atoms with Crippen molar-refractivity contribution >= 4 is 11.6 Å². The summed E-state index contributed by atoms with van der Waals surface area (Å²) < 4.78 is 25.9. The smallest absolute Gasteiger partial charge is 0.227 e. The van der Waals surface area contributed by atoms with Gasteiger partial charge in [-0.3, -0.25) is 4.79 Å². The second kappa shape index (κ2) is 5.25. The van der Waals surface area contributed by atoms with E-state index in [1.165, 1.54) is 6.42 Å². The molecular formula is C13H15F2NO. The van der Waals surface area contributed by atoms with Gasteiger partial charge in [-0.15, -0.1) is 0 Å². The molecule has 0 aliphatic heterocycles. The molecule has 1 fully saturated rings. The van der Waals surface area contributed by atoms with E-state index in [1.54, 1.807) is 0 Å². The number of carbonyl (C=O) groups is 1. The van der Waals surface area contributed by atoms with Crippen molar-refractivity contribution in [2.75, 3.05) is 5.32 Å². The normalized spacial score (nSPS) is 16.8. The van der Waals surface area contributed by atoms with Crippen LogP contribution in [0.1, 0.15) is 32.1 Å². The van der Waals surface area contributed by atoms with Crippen LogP contribution in [0.25, 0.3) is 0 Å². The van der Waals surface area contributed by atoms with Gasteiger partial charge in [-0.2, -0.15) is 0 Å². The molecule has 1 aliphatic carbocycles. The van der Waals surface area contributed by atoms with Crippen LogP contribution >= 0.6 is 0 Å². The Bertz CT molecular complexity index is 394. The molecule has 1 aromatic carbocycles. The maximum atomic E-state index is 12.9. The van der Waals surface area contributed by atoms with E-state index < -0.39 is 11.6 Å². The lowest BCUT2D eigenvalue weighted by atomic mass is 9.88. The van der Waals surface area contributed by atoms with E-state index in [1.807, 2.05) is 0 Å². The van der Waals surface area contributed by atoms with Gasteiger partial charge >= 0.3 is 0 Å². The van der Waals surface area contributed by atoms with Crippen molar-refractivity contribution in [2.45, 2.75) is 32.1 Å². The fourth-order valence-electron chi connectivity index (χ4n) is 2.24. The molecule has 4 heteroatoms. The molecule has 92 valence electrons. The van der Waals surface area contributed by atoms with E-state index in [2.05, 4.69) is 5.32 Å². The Balaban J connectivity index is 2.01. The van der Waals surface area contributed by atoms with Crippen molar-refractivity contribution in [3.05, 3.63) is 29.8 Å². The minimum absolute atomic E-state index is 0.0184. The van der Waals surface area contributed by atoms with Gasteiger partial charge in [0.1, 0.15) is 11.6 Å². The Labute approximate surface area is 99.0 Å². The zero-order chi connectivity index (χ0) is 12.3. The third-order valence-corrected chi connectivity index (χ3v) is 3.11. The third kappa shape index (κ3) is 3.25. The Hall–Kier alpha value is -1.45. The van der Waals surface area contributed by atoms with Crippen LogP contribution in [-0.4, -0.2) is 5.91 Å². The van der Waals surface area contributed by atoms with Crippen LogP contribution in [0.3, 0.4) is 0 Å². The van der Waals surface area contributed by atoms with Crippen molar-refractivity contribution in [1.29, 1.82) is 0 Å². The van der Waals surface area contributed by atoms with E-state index in [9.17, 15) is 13.6 Å². The summed E-state index contributed by atoms with van der Waals surface area (Å²) in [4.78, 5) is 11.8. The van der Waals surface area contributed by atoms with Crippen molar-refractivity contribution in [1.82, 2.24) is 0 Å². The van der Waals surface area contributed by atoms with E-state index >= 15 is 0 Å². The Morgan fingerprint density at radius 1 is 1.06 bits per heavy atom. The first-order valence-electron chi connectivity index (χ1n) is 5.92. The molecular weight excluding hydrogens is 224 g/mol. The van der Waals surface area contributed by atoms with Gasteiger partial charge in [0.15, 0.2) is 0 Å². The summed E-state index contributed by atoms with van der Waals surface area (Å²) in [5.74, 6) is -1.50. The lowest BCUT2D eigenvalue weighted by molar-refractivity contribution is -0.120. The summed E-state index contributed by atoms with van der Waals surface area (Å²) >= 11 is 0. The van der Waals surface area contributed by atoms with Gasteiger partial charge in [0.2, 0.25) is 5.91 Å². The monoisotopic (exact) mass is 239 g/mol. The number of rotatable bonds is 2. The molecule has 0 atom stereocenters. The molecule has 0 unspecified atom stereocenters. The molecule has 1 N–H and O–H groups in total. The molecule has 0 spiro atoms. The first kappa shape index (κ1) is 12.0. The quantitative estimate of drug-likeness (QED) is 0.841. The van der Waals surface area contributed by atoms with Crippen LogP contribution in [0.4, 0.5) is 14.5 Å². The van der Waals surface area contributed by atoms with Gasteiger partial charge in [0, 0.05) is 17.7 Å². The molecule has 1 amide bonds. The van der Waals surface area contributed by atoms with Crippen molar-refractivity contribution in [2.24, 2.45) is 5.92 Å². The van der Waals surface area contributed by atoms with Gasteiger partial charge in [0.25, 0.3) is 0 Å². The summed E-state index contributed by atoms with van der Waals surface area (Å²) in [6.45, 7) is 0. The van der Waals surface area contributed by atoms with Gasteiger partial charge in [-0.1, -0.05) is 19.3 Å². The molecule has 0 radical (unpaired) electrons. The van der Waals surface area contributed by atoms with Crippen LogP contribution in [0.5, 0.6) is 0 Å². The zero-order valence-electron chi connectivity index (χ0n) is 9.51. The number of anilines is 1. The second-order valence-corrected chi connectivity index (χ2v) is 4.48. The predicted molar refractivity (Wildman–Crippen MR) is 61.6 cm³/mol. The first-order chi connectivity index (χ1) is 8.15. The van der Waals surface area contributed by atoms with E-state index in [0.717, 1.165) is 43.9 Å². The van der Waals surface area contributed by atoms with E-state index in [4.69, 9.17) is 0 Å². The SMILES string of the molecule is O=C(Nc1cc(F)cc(F)c1)C1CCCCC1. The number of nitrogens with one attached hydrogen (secondary N) is 1. The van der Waals surface area contributed by atoms with Gasteiger partial charge in [-0.05, 0) is 25.0 Å². The highest BCUT2D eigenvalue weighted by atomic mass is 19.1. The molecule has 0 bridgehead atoms. The fraction of sp³-hybridized carbons (Fsp3) is 0.462. The Morgan fingerprint density at radius 2 is 1.65 bits per heavy atom. The Kier molecular flexibility index (Phi) is 3.71. The van der Waals surface area contributed by atoms with Gasteiger partial charge in [0.05, 0.1) is 0 Å². The maximum absolute atomic E-state index is 12.9. The molecule has 2 rings (SSSR count). The standard InChI is InChI=1S/C13H15F2NO/c14-10-6-11(15)8-12(7-10)16-13(17)9-4-2-1-3-5-9/h6-9H,1-5H2,(H,16,17). The first-order valence-corrected chi connectivity index (χ1v) is 5.92. The van der Waals surface area contributed by atoms with Crippen LogP contribution in [0.15, 0.2) is 18.2 Å². The highest BCUT2D eigenvalue weighted by Gasteiger charge is 2.21. The number of hydrogen-bond acceptors (Lipinski definition) is 1. The average Bonchev–Trinajstić information content (AvgIpc) is 2.28. The van der Waals surface area contributed by atoms with E-state index in [0.29, 0.717) is 0 Å². The molecule has 17 heavy (non-hydrogen) atoms. The minimum Gasteiger partial charge on any atom is -0.326 e. The van der Waals surface area contributed by atoms with Crippen LogP contribution in [0.2, 0.25) is 0 Å². The molecule has 0 heterocycles. The largest absolute Gasteiger partial charge is 0.326 e. The summed E-state index contributed by atoms with van der Waals surface area (Å²) in [5.41, 5.74) is 0.193. The topological polar surface area (TPSA) is 29.1 Å². The van der Waals surface area contributed by atoms with Crippen molar-refractivity contribution in [3.8, 4) is 0 Å². The summed E-state index contributed by atoms with van der Waals surface area (Å²) in [6.07, 6.45) is 5.00. The average molecular weight is 239 g/mol.